The minimum absolute atomic E-state index is 0.0467. The number of nitrogens with two attached hydrogens (primary N) is 1. The first-order valence-electron chi connectivity index (χ1n) is 8.83. The van der Waals surface area contributed by atoms with Crippen LogP contribution in [0.3, 0.4) is 0 Å². The maximum Gasteiger partial charge on any atom is 0.255 e. The molecule has 0 heterocycles. The van der Waals surface area contributed by atoms with Gasteiger partial charge in [-0.2, -0.15) is 0 Å². The molecule has 2 aromatic carbocycles. The monoisotopic (exact) mass is 469 g/mol. The van der Waals surface area contributed by atoms with Crippen LogP contribution in [0.25, 0.3) is 0 Å². The maximum absolute atomic E-state index is 12.8. The Morgan fingerprint density at radius 3 is 2.35 bits per heavy atom. The fourth-order valence-electron chi connectivity index (χ4n) is 2.60. The number of methoxy groups -OCH3 is 2. The zero-order chi connectivity index (χ0) is 23.1. The van der Waals surface area contributed by atoms with E-state index in [1.807, 2.05) is 0 Å². The van der Waals surface area contributed by atoms with Crippen molar-refractivity contribution < 1.29 is 28.6 Å². The van der Waals surface area contributed by atoms with Gasteiger partial charge in [-0.25, -0.2) is 0 Å². The lowest BCUT2D eigenvalue weighted by Gasteiger charge is -2.19. The number of nitrogens with zero attached hydrogens (tertiary/aromatic N) is 1. The smallest absolute Gasteiger partial charge is 0.255 e. The van der Waals surface area contributed by atoms with E-state index in [4.69, 9.17) is 43.1 Å². The predicted octanol–water partition coefficient (Wildman–Crippen LogP) is 2.59. The summed E-state index contributed by atoms with van der Waals surface area (Å²) in [4.78, 5) is 37.3. The molecule has 0 bridgehead atoms. The predicted molar refractivity (Wildman–Crippen MR) is 116 cm³/mol. The molecule has 0 aliphatic carbocycles. The summed E-state index contributed by atoms with van der Waals surface area (Å²) in [5.74, 6) is -1.01. The molecule has 0 spiro atoms. The number of anilines is 1. The highest BCUT2D eigenvalue weighted by molar-refractivity contribution is 6.32. The van der Waals surface area contributed by atoms with Crippen LogP contribution < -0.4 is 25.3 Å². The molecule has 0 fully saturated rings. The molecule has 2 aromatic rings. The third-order valence-corrected chi connectivity index (χ3v) is 4.51. The first kappa shape index (κ1) is 24.1. The highest BCUT2D eigenvalue weighted by Crippen LogP contribution is 2.36. The maximum atomic E-state index is 12.8. The number of rotatable bonds is 9. The standard InChI is InChI=1S/C20H21Cl2N3O6/c1-25(9-18(27)24-14-8-12(21)4-5-15(14)29-2)20(28)11-6-13(22)19(16(7-11)30-3)31-10-17(23)26/h4-8H,9-10H2,1-3H3,(H2,23,26)(H,24,27). The van der Waals surface area contributed by atoms with E-state index in [-0.39, 0.29) is 28.6 Å². The van der Waals surface area contributed by atoms with Crippen molar-refractivity contribution in [2.45, 2.75) is 0 Å². The topological polar surface area (TPSA) is 120 Å². The van der Waals surface area contributed by atoms with E-state index in [0.717, 1.165) is 0 Å². The van der Waals surface area contributed by atoms with Gasteiger partial charge in [0.2, 0.25) is 5.91 Å². The van der Waals surface area contributed by atoms with E-state index in [9.17, 15) is 14.4 Å². The van der Waals surface area contributed by atoms with Gasteiger partial charge in [0.25, 0.3) is 11.8 Å². The quantitative estimate of drug-likeness (QED) is 0.582. The van der Waals surface area contributed by atoms with E-state index in [1.165, 1.54) is 44.4 Å². The van der Waals surface area contributed by atoms with Gasteiger partial charge in [-0.05, 0) is 30.3 Å². The Labute approximate surface area is 188 Å². The van der Waals surface area contributed by atoms with Crippen LogP contribution in [0.15, 0.2) is 30.3 Å². The van der Waals surface area contributed by atoms with Crippen molar-refractivity contribution in [3.63, 3.8) is 0 Å². The van der Waals surface area contributed by atoms with Crippen molar-refractivity contribution in [2.24, 2.45) is 5.73 Å². The summed E-state index contributed by atoms with van der Waals surface area (Å²) in [5.41, 5.74) is 5.60. The molecule has 3 N–H and O–H groups in total. The molecule has 0 unspecified atom stereocenters. The molecular formula is C20H21Cl2N3O6. The summed E-state index contributed by atoms with van der Waals surface area (Å²) in [6.45, 7) is -0.662. The highest BCUT2D eigenvalue weighted by Gasteiger charge is 2.21. The summed E-state index contributed by atoms with van der Waals surface area (Å²) in [6.07, 6.45) is 0. The fourth-order valence-corrected chi connectivity index (χ4v) is 3.04. The number of benzene rings is 2. The summed E-state index contributed by atoms with van der Waals surface area (Å²) < 4.78 is 15.6. The van der Waals surface area contributed by atoms with Crippen LogP contribution in [-0.4, -0.2) is 57.0 Å². The molecule has 31 heavy (non-hydrogen) atoms. The minimum atomic E-state index is -0.694. The van der Waals surface area contributed by atoms with Gasteiger partial charge in [0.15, 0.2) is 18.1 Å². The molecule has 3 amide bonds. The number of hydrogen-bond donors (Lipinski definition) is 2. The Bertz CT molecular complexity index is 999. The number of nitrogens with one attached hydrogen (secondary N) is 1. The van der Waals surface area contributed by atoms with Gasteiger partial charge in [0.05, 0.1) is 31.5 Å². The number of ether oxygens (including phenoxy) is 3. The van der Waals surface area contributed by atoms with Crippen molar-refractivity contribution in [1.82, 2.24) is 4.90 Å². The number of carbonyl (C=O) groups excluding carboxylic acids is 3. The van der Waals surface area contributed by atoms with Crippen molar-refractivity contribution in [2.75, 3.05) is 39.7 Å². The van der Waals surface area contributed by atoms with Crippen LogP contribution in [0.1, 0.15) is 10.4 Å². The lowest BCUT2D eigenvalue weighted by atomic mass is 10.1. The molecule has 166 valence electrons. The Hall–Kier alpha value is -3.17. The molecule has 0 aliphatic rings. The third kappa shape index (κ3) is 6.40. The van der Waals surface area contributed by atoms with Crippen molar-refractivity contribution in [3.05, 3.63) is 45.9 Å². The molecule has 9 nitrogen and oxygen atoms in total. The molecule has 0 aromatic heterocycles. The highest BCUT2D eigenvalue weighted by atomic mass is 35.5. The molecular weight excluding hydrogens is 449 g/mol. The van der Waals surface area contributed by atoms with Crippen molar-refractivity contribution in [1.29, 1.82) is 0 Å². The minimum Gasteiger partial charge on any atom is -0.495 e. The van der Waals surface area contributed by atoms with Crippen LogP contribution >= 0.6 is 23.2 Å². The molecule has 11 heteroatoms. The summed E-state index contributed by atoms with van der Waals surface area (Å²) in [5, 5.41) is 3.12. The Morgan fingerprint density at radius 2 is 1.74 bits per heavy atom. The zero-order valence-electron chi connectivity index (χ0n) is 17.0. The van der Waals surface area contributed by atoms with Gasteiger partial charge in [-0.3, -0.25) is 14.4 Å². The molecule has 2 rings (SSSR count). The van der Waals surface area contributed by atoms with E-state index < -0.39 is 24.3 Å². The number of carbonyl (C=O) groups is 3. The van der Waals surface area contributed by atoms with Crippen LogP contribution in [0, 0.1) is 0 Å². The number of likely N-dealkylation sites (N-methyl/N-ethyl adjacent to an activating group) is 1. The lowest BCUT2D eigenvalue weighted by molar-refractivity contribution is -0.120. The van der Waals surface area contributed by atoms with E-state index in [0.29, 0.717) is 16.5 Å². The van der Waals surface area contributed by atoms with Crippen LogP contribution in [-0.2, 0) is 9.59 Å². The van der Waals surface area contributed by atoms with E-state index in [1.54, 1.807) is 12.1 Å². The summed E-state index contributed by atoms with van der Waals surface area (Å²) in [6, 6.07) is 7.51. The Kier molecular flexibility index (Phi) is 8.35. The first-order chi connectivity index (χ1) is 14.7. The second-order valence-corrected chi connectivity index (χ2v) is 7.14. The molecule has 0 atom stereocenters. The van der Waals surface area contributed by atoms with Crippen molar-refractivity contribution in [3.8, 4) is 17.2 Å². The molecule has 0 aliphatic heterocycles. The molecule has 0 saturated heterocycles. The first-order valence-corrected chi connectivity index (χ1v) is 9.59. The Morgan fingerprint density at radius 1 is 1.06 bits per heavy atom. The Balaban J connectivity index is 2.14. The summed E-state index contributed by atoms with van der Waals surface area (Å²) >= 11 is 12.1. The van der Waals surface area contributed by atoms with E-state index >= 15 is 0 Å². The average Bonchev–Trinajstić information content (AvgIpc) is 2.71. The number of halogens is 2. The number of amides is 3. The van der Waals surface area contributed by atoms with Crippen LogP contribution in [0.5, 0.6) is 17.2 Å². The van der Waals surface area contributed by atoms with Crippen molar-refractivity contribution >= 4 is 46.6 Å². The number of primary amides is 1. The van der Waals surface area contributed by atoms with Crippen LogP contribution in [0.4, 0.5) is 5.69 Å². The summed E-state index contributed by atoms with van der Waals surface area (Å²) in [7, 11) is 4.27. The van der Waals surface area contributed by atoms with Gasteiger partial charge >= 0.3 is 0 Å². The normalized spacial score (nSPS) is 10.2. The number of hydrogen-bond acceptors (Lipinski definition) is 6. The van der Waals surface area contributed by atoms with Gasteiger partial charge in [-0.15, -0.1) is 0 Å². The van der Waals surface area contributed by atoms with Gasteiger partial charge < -0.3 is 30.2 Å². The SMILES string of the molecule is COc1ccc(Cl)cc1NC(=O)CN(C)C(=O)c1cc(Cl)c(OCC(N)=O)c(OC)c1. The molecule has 0 saturated carbocycles. The fraction of sp³-hybridized carbons (Fsp3) is 0.250. The molecule has 0 radical (unpaired) electrons. The average molecular weight is 470 g/mol. The third-order valence-electron chi connectivity index (χ3n) is 4.00. The second-order valence-electron chi connectivity index (χ2n) is 6.30. The van der Waals surface area contributed by atoms with Gasteiger partial charge in [0, 0.05) is 17.6 Å². The second kappa shape index (κ2) is 10.7. The largest absolute Gasteiger partial charge is 0.495 e. The zero-order valence-corrected chi connectivity index (χ0v) is 18.5. The van der Waals surface area contributed by atoms with Gasteiger partial charge in [0.1, 0.15) is 5.75 Å². The van der Waals surface area contributed by atoms with Gasteiger partial charge in [-0.1, -0.05) is 23.2 Å². The van der Waals surface area contributed by atoms with Crippen LogP contribution in [0.2, 0.25) is 10.0 Å². The van der Waals surface area contributed by atoms with E-state index in [2.05, 4.69) is 5.32 Å². The lowest BCUT2D eigenvalue weighted by Crippen LogP contribution is -2.35.